The Hall–Kier alpha value is -2.15. The van der Waals surface area contributed by atoms with Crippen LogP contribution < -0.4 is 17.2 Å². The number of carboxylic acid groups (broad SMARTS) is 2. The summed E-state index contributed by atoms with van der Waals surface area (Å²) >= 11 is -0.370. The van der Waals surface area contributed by atoms with Crippen molar-refractivity contribution in [3.8, 4) is 0 Å². The van der Waals surface area contributed by atoms with Crippen LogP contribution in [0.25, 0.3) is 0 Å². The van der Waals surface area contributed by atoms with Crippen molar-refractivity contribution < 1.29 is 185 Å². The van der Waals surface area contributed by atoms with Gasteiger partial charge in [0.15, 0.2) is 62.1 Å². The Balaban J connectivity index is 1.46. The maximum atomic E-state index is 12.8. The second-order valence-electron chi connectivity index (χ2n) is 16.9. The zero-order chi connectivity index (χ0) is 59.4. The molecule has 0 aromatic carbocycles. The molecule has 0 bridgehead atoms. The number of ether oxygens (including phenoxy) is 10. The van der Waals surface area contributed by atoms with E-state index in [2.05, 4.69) is 26.1 Å². The average Bonchev–Trinajstić information content (AvgIpc) is 3.48. The van der Waals surface area contributed by atoms with Crippen LogP contribution in [0.5, 0.6) is 0 Å². The zero-order valence-corrected chi connectivity index (χ0v) is 43.2. The van der Waals surface area contributed by atoms with Crippen LogP contribution in [0, 0.1) is 0 Å². The average molecular weight is 1270 g/mol. The number of aliphatic hydroxyl groups is 6. The van der Waals surface area contributed by atoms with Gasteiger partial charge in [0.2, 0.25) is 0 Å². The molecule has 0 amide bonds. The summed E-state index contributed by atoms with van der Waals surface area (Å²) < 4.78 is 212. The normalized spacial score (nSPS) is 41.9. The van der Waals surface area contributed by atoms with Crippen LogP contribution in [0.4, 0.5) is 0 Å². The van der Waals surface area contributed by atoms with Gasteiger partial charge in [0.1, 0.15) is 85.5 Å². The molecule has 0 saturated carbocycles. The SMILES string of the molecule is CO[C@@H]1OC(COS(=O)(=O)O)[C@H](O[C@@H]2OC(C(=O)O)[C@H](O[C@@H]3OC(COS(=O)(=O)O)[C@H](O[C@@H]4OC(C(=O)O)[C@H](O[C@@H]5OC(COS(=O)(=O)O)[C@H](O)[C@H](O)C5N)[C@H](O)C4O)C(OSOOO)[C@H]3N)[C@@H](O)C2OS(=O)(=O)O)C(O)[C@H]1N. The van der Waals surface area contributed by atoms with Gasteiger partial charge in [0, 0.05) is 7.11 Å². The van der Waals surface area contributed by atoms with E-state index in [9.17, 15) is 97.8 Å². The first kappa shape index (κ1) is 67.6. The topological polar surface area (TPSA) is 669 Å². The van der Waals surface area contributed by atoms with Crippen LogP contribution in [-0.2, 0) is 129 Å². The number of aliphatic hydroxyl groups excluding tert-OH is 6. The molecule has 10 unspecified atom stereocenters. The third kappa shape index (κ3) is 17.9. The molecule has 5 saturated heterocycles. The van der Waals surface area contributed by atoms with E-state index in [1.165, 1.54) is 0 Å². The van der Waals surface area contributed by atoms with Crippen molar-refractivity contribution in [3.63, 3.8) is 0 Å². The van der Waals surface area contributed by atoms with Gasteiger partial charge in [-0.05, 0) is 0 Å². The van der Waals surface area contributed by atoms with Crippen molar-refractivity contribution >= 4 is 65.9 Å². The van der Waals surface area contributed by atoms with Crippen molar-refractivity contribution in [2.45, 2.75) is 153 Å². The van der Waals surface area contributed by atoms with Crippen molar-refractivity contribution in [1.82, 2.24) is 0 Å². The highest BCUT2D eigenvalue weighted by atomic mass is 32.3. The lowest BCUT2D eigenvalue weighted by Crippen LogP contribution is -2.70. The summed E-state index contributed by atoms with van der Waals surface area (Å²) in [5.74, 6) is -4.22. The molecule has 5 heterocycles. The standard InChI is InChI=1S/C31H53N3O40S5/c1-58-27-9(33)13(37)17(6(63-27)3-60-77(49,50)51)65-31-22(72-79(55,56)57)16(40)21(24(70-31)26(43)44)68-29-10(34)19(71-75-74-73-45)18(7(64-29)4-61-78(52,53)54)66-30-15(39)14(38)20(23(69-30)25(41)42)67-28-8(32)12(36)11(35)5(62-28)2-59-76(46,47)48/h5-24,27-31,35-40,45H,2-4,32-34H2,1H3,(H,41,42)(H,43,44)(H,46,47,48)(H,49,50,51)(H,52,53,54)(H,55,56,57)/t5?,6?,7?,8?,9-,10-,11+,12-,13?,14-,15?,16-,17+,18+,19?,20-,21-,22?,23?,24?,27-,28+,29+,30-,31-/m1/s1. The molecule has 5 aliphatic heterocycles. The van der Waals surface area contributed by atoms with Gasteiger partial charge >= 0.3 is 53.5 Å². The number of carboxylic acids is 2. The lowest BCUT2D eigenvalue weighted by molar-refractivity contribution is -0.435. The van der Waals surface area contributed by atoms with E-state index in [1.807, 2.05) is 0 Å². The molecule has 0 aliphatic carbocycles. The zero-order valence-electron chi connectivity index (χ0n) is 39.2. The minimum Gasteiger partial charge on any atom is -0.479 e. The lowest BCUT2D eigenvalue weighted by Gasteiger charge is -2.50. The quantitative estimate of drug-likeness (QED) is 0.0126. The van der Waals surface area contributed by atoms with Crippen molar-refractivity contribution in [2.75, 3.05) is 26.9 Å². The number of aliphatic carboxylic acids is 2. The first-order valence-corrected chi connectivity index (χ1v) is 27.6. The van der Waals surface area contributed by atoms with E-state index >= 15 is 0 Å². The minimum absolute atomic E-state index is 0.370. The lowest BCUT2D eigenvalue weighted by atomic mass is 9.94. The predicted molar refractivity (Wildman–Crippen MR) is 231 cm³/mol. The fraction of sp³-hybridized carbons (Fsp3) is 0.935. The predicted octanol–water partition coefficient (Wildman–Crippen LogP) is -10.9. The molecule has 5 rings (SSSR count). The first-order chi connectivity index (χ1) is 36.5. The second-order valence-corrected chi connectivity index (χ2v) is 21.7. The van der Waals surface area contributed by atoms with Gasteiger partial charge in [-0.15, -0.1) is 4.33 Å². The fourth-order valence-electron chi connectivity index (χ4n) is 8.12. The largest absolute Gasteiger partial charge is 0.479 e. The van der Waals surface area contributed by atoms with Crippen molar-refractivity contribution in [1.29, 1.82) is 0 Å². The molecule has 0 aromatic rings. The van der Waals surface area contributed by atoms with Crippen molar-refractivity contribution in [2.24, 2.45) is 17.2 Å². The highest BCUT2D eigenvalue weighted by Gasteiger charge is 2.59. The first-order valence-electron chi connectivity index (χ1n) is 21.5. The Labute approximate surface area is 447 Å². The molecule has 0 radical (unpaired) electrons. The molecule has 43 nitrogen and oxygen atoms in total. The summed E-state index contributed by atoms with van der Waals surface area (Å²) in [5, 5.41) is 99.0. The monoisotopic (exact) mass is 1270 g/mol. The second kappa shape index (κ2) is 27.7. The van der Waals surface area contributed by atoms with Gasteiger partial charge in [0.05, 0.1) is 37.9 Å². The summed E-state index contributed by atoms with van der Waals surface area (Å²) in [6.07, 6.45) is -51.4. The number of carbonyl (C=O) groups is 2. The van der Waals surface area contributed by atoms with E-state index in [4.69, 9.17) is 78.6 Å². The molecule has 462 valence electrons. The fourth-order valence-corrected chi connectivity index (χ4v) is 9.91. The van der Waals surface area contributed by atoms with E-state index in [0.717, 1.165) is 7.11 Å². The van der Waals surface area contributed by atoms with Crippen LogP contribution in [0.15, 0.2) is 0 Å². The summed E-state index contributed by atoms with van der Waals surface area (Å²) in [7, 11) is -20.9. The molecule has 48 heteroatoms. The maximum absolute atomic E-state index is 12.8. The molecular formula is C31H53N3O40S5. The smallest absolute Gasteiger partial charge is 0.397 e. The van der Waals surface area contributed by atoms with Gasteiger partial charge in [-0.25, -0.2) is 31.6 Å². The van der Waals surface area contributed by atoms with Gasteiger partial charge in [-0.2, -0.15) is 33.7 Å². The van der Waals surface area contributed by atoms with Gasteiger partial charge in [0.25, 0.3) is 0 Å². The van der Waals surface area contributed by atoms with E-state index in [0.29, 0.717) is 0 Å². The molecule has 0 spiro atoms. The van der Waals surface area contributed by atoms with Crippen LogP contribution in [0.2, 0.25) is 0 Å². The van der Waals surface area contributed by atoms with Crippen LogP contribution in [-0.4, -0.2) is 290 Å². The van der Waals surface area contributed by atoms with Crippen LogP contribution >= 0.6 is 12.3 Å². The van der Waals surface area contributed by atoms with Crippen molar-refractivity contribution in [3.05, 3.63) is 0 Å². The highest BCUT2D eigenvalue weighted by Crippen LogP contribution is 2.38. The molecular weight excluding hydrogens is 1210 g/mol. The van der Waals surface area contributed by atoms with Gasteiger partial charge in [-0.1, -0.05) is 5.04 Å². The van der Waals surface area contributed by atoms with E-state index < -0.39 is 227 Å². The third-order valence-electron chi connectivity index (χ3n) is 11.7. The summed E-state index contributed by atoms with van der Waals surface area (Å²) in [6, 6.07) is -5.69. The molecule has 0 aromatic heterocycles. The summed E-state index contributed by atoms with van der Waals surface area (Å²) in [4.78, 5) is 25.5. The number of nitrogens with two attached hydrogens (primary N) is 3. The van der Waals surface area contributed by atoms with Crippen LogP contribution in [0.3, 0.4) is 0 Å². The highest BCUT2D eigenvalue weighted by molar-refractivity contribution is 7.89. The Morgan fingerprint density at radius 3 is 1.39 bits per heavy atom. The third-order valence-corrected chi connectivity index (χ3v) is 13.9. The summed E-state index contributed by atoms with van der Waals surface area (Å²) in [5.41, 5.74) is 18.2. The maximum Gasteiger partial charge on any atom is 0.397 e. The summed E-state index contributed by atoms with van der Waals surface area (Å²) in [6.45, 7) is -3.99. The number of hydrogen-bond donors (Lipinski definition) is 16. The Kier molecular flexibility index (Phi) is 23.7. The van der Waals surface area contributed by atoms with Crippen LogP contribution in [0.1, 0.15) is 0 Å². The van der Waals surface area contributed by atoms with E-state index in [-0.39, 0.29) is 12.3 Å². The molecule has 19 N–H and O–H groups in total. The molecule has 5 fully saturated rings. The molecule has 5 aliphatic rings. The van der Waals surface area contributed by atoms with Gasteiger partial charge in [-0.3, -0.25) is 22.4 Å². The molecule has 25 atom stereocenters. The van der Waals surface area contributed by atoms with Gasteiger partial charge < -0.3 is 105 Å². The number of methoxy groups -OCH3 is 1. The Morgan fingerprint density at radius 1 is 0.468 bits per heavy atom. The number of rotatable bonds is 26. The number of hydrogen-bond acceptors (Lipinski definition) is 38. The molecule has 79 heavy (non-hydrogen) atoms. The minimum atomic E-state index is -5.83. The Bertz CT molecular complexity index is 2490. The Morgan fingerprint density at radius 2 is 0.899 bits per heavy atom. The van der Waals surface area contributed by atoms with E-state index in [1.54, 1.807) is 0 Å².